The van der Waals surface area contributed by atoms with Gasteiger partial charge in [-0.25, -0.2) is 0 Å². The molecule has 1 aromatic rings. The van der Waals surface area contributed by atoms with Crippen molar-refractivity contribution in [3.05, 3.63) is 30.3 Å². The SMILES string of the molecule is CC(C)[C@H]1CC[C@@H](C)C[C@@H]1O[P@@](C)(=O)c1ccccc1. The number of rotatable bonds is 4. The normalized spacial score (nSPS) is 30.1. The Morgan fingerprint density at radius 2 is 1.85 bits per heavy atom. The molecule has 1 fully saturated rings. The molecular weight excluding hydrogens is 267 g/mol. The lowest BCUT2D eigenvalue weighted by Crippen LogP contribution is -2.34. The van der Waals surface area contributed by atoms with Crippen molar-refractivity contribution >= 4 is 12.7 Å². The minimum Gasteiger partial charge on any atom is -0.322 e. The molecule has 0 heterocycles. The van der Waals surface area contributed by atoms with Crippen LogP contribution >= 0.6 is 7.37 Å². The van der Waals surface area contributed by atoms with Crippen molar-refractivity contribution in [3.63, 3.8) is 0 Å². The van der Waals surface area contributed by atoms with Crippen LogP contribution in [0.2, 0.25) is 0 Å². The zero-order valence-electron chi connectivity index (χ0n) is 13.1. The van der Waals surface area contributed by atoms with Crippen LogP contribution < -0.4 is 5.30 Å². The fraction of sp³-hybridized carbons (Fsp3) is 0.647. The van der Waals surface area contributed by atoms with E-state index in [-0.39, 0.29) is 6.10 Å². The molecule has 20 heavy (non-hydrogen) atoms. The lowest BCUT2D eigenvalue weighted by molar-refractivity contribution is 0.0506. The first-order valence-electron chi connectivity index (χ1n) is 7.71. The maximum absolute atomic E-state index is 12.9. The maximum Gasteiger partial charge on any atom is 0.229 e. The fourth-order valence-corrected chi connectivity index (χ4v) is 4.85. The Morgan fingerprint density at radius 1 is 1.20 bits per heavy atom. The van der Waals surface area contributed by atoms with Crippen molar-refractivity contribution in [2.24, 2.45) is 17.8 Å². The Morgan fingerprint density at radius 3 is 2.45 bits per heavy atom. The summed E-state index contributed by atoms with van der Waals surface area (Å²) in [5.41, 5.74) is 0. The summed E-state index contributed by atoms with van der Waals surface area (Å²) in [7, 11) is -2.72. The Balaban J connectivity index is 2.15. The van der Waals surface area contributed by atoms with E-state index in [1.165, 1.54) is 12.8 Å². The average Bonchev–Trinajstić information content (AvgIpc) is 2.39. The van der Waals surface area contributed by atoms with Crippen molar-refractivity contribution in [2.75, 3.05) is 6.66 Å². The zero-order chi connectivity index (χ0) is 14.8. The monoisotopic (exact) mass is 294 g/mol. The third-order valence-electron chi connectivity index (χ3n) is 4.52. The number of hydrogen-bond donors (Lipinski definition) is 0. The number of benzene rings is 1. The summed E-state index contributed by atoms with van der Waals surface area (Å²) < 4.78 is 19.1. The molecule has 0 saturated heterocycles. The molecule has 1 aliphatic carbocycles. The van der Waals surface area contributed by atoms with Crippen molar-refractivity contribution < 1.29 is 9.09 Å². The van der Waals surface area contributed by atoms with Crippen molar-refractivity contribution in [2.45, 2.75) is 46.1 Å². The summed E-state index contributed by atoms with van der Waals surface area (Å²) in [4.78, 5) is 0. The minimum absolute atomic E-state index is 0.134. The van der Waals surface area contributed by atoms with E-state index in [4.69, 9.17) is 4.52 Å². The summed E-state index contributed by atoms with van der Waals surface area (Å²) in [6, 6.07) is 9.63. The smallest absolute Gasteiger partial charge is 0.229 e. The highest BCUT2D eigenvalue weighted by atomic mass is 31.2. The summed E-state index contributed by atoms with van der Waals surface area (Å²) in [5.74, 6) is 1.79. The molecule has 2 nitrogen and oxygen atoms in total. The van der Waals surface area contributed by atoms with Gasteiger partial charge in [0.1, 0.15) is 0 Å². The molecule has 0 unspecified atom stereocenters. The van der Waals surface area contributed by atoms with Gasteiger partial charge in [-0.05, 0) is 42.7 Å². The van der Waals surface area contributed by atoms with Crippen molar-refractivity contribution in [1.82, 2.24) is 0 Å². The van der Waals surface area contributed by atoms with Gasteiger partial charge in [-0.1, -0.05) is 45.4 Å². The molecule has 3 heteroatoms. The van der Waals surface area contributed by atoms with Crippen LogP contribution in [0, 0.1) is 17.8 Å². The fourth-order valence-electron chi connectivity index (χ4n) is 3.25. The molecule has 1 aromatic carbocycles. The lowest BCUT2D eigenvalue weighted by atomic mass is 9.75. The second kappa shape index (κ2) is 6.45. The van der Waals surface area contributed by atoms with E-state index in [0.717, 1.165) is 11.7 Å². The van der Waals surface area contributed by atoms with E-state index in [2.05, 4.69) is 20.8 Å². The Kier molecular flexibility index (Phi) is 5.09. The summed E-state index contributed by atoms with van der Waals surface area (Å²) in [6.07, 6.45) is 3.63. The standard InChI is InChI=1S/C17H27O2P/c1-13(2)16-11-10-14(3)12-17(16)19-20(4,18)15-8-6-5-7-9-15/h5-9,13-14,16-17H,10-12H2,1-4H3/t14-,16-,17+,20-/m1/s1. The molecule has 0 aliphatic heterocycles. The van der Waals surface area contributed by atoms with Gasteiger partial charge in [0.05, 0.1) is 6.10 Å². The largest absolute Gasteiger partial charge is 0.322 e. The maximum atomic E-state index is 12.9. The van der Waals surface area contributed by atoms with Crippen LogP contribution in [0.25, 0.3) is 0 Å². The Labute approximate surface area is 123 Å². The highest BCUT2D eigenvalue weighted by Gasteiger charge is 2.35. The van der Waals surface area contributed by atoms with Crippen LogP contribution in [0.5, 0.6) is 0 Å². The van der Waals surface area contributed by atoms with Gasteiger partial charge in [-0.3, -0.25) is 4.57 Å². The minimum atomic E-state index is -2.72. The van der Waals surface area contributed by atoms with Crippen LogP contribution in [0.4, 0.5) is 0 Å². The molecule has 4 atom stereocenters. The van der Waals surface area contributed by atoms with E-state index < -0.39 is 7.37 Å². The van der Waals surface area contributed by atoms with Gasteiger partial charge in [0, 0.05) is 12.0 Å². The summed E-state index contributed by atoms with van der Waals surface area (Å²) in [6.45, 7) is 8.54. The Hall–Kier alpha value is -0.590. The van der Waals surface area contributed by atoms with Gasteiger partial charge in [-0.2, -0.15) is 0 Å². The molecule has 0 amide bonds. The van der Waals surface area contributed by atoms with Crippen LogP contribution in [0.3, 0.4) is 0 Å². The molecule has 2 rings (SSSR count). The first-order valence-corrected chi connectivity index (χ1v) is 9.79. The zero-order valence-corrected chi connectivity index (χ0v) is 14.0. The molecule has 0 N–H and O–H groups in total. The van der Waals surface area contributed by atoms with Gasteiger partial charge in [-0.15, -0.1) is 0 Å². The molecule has 0 aromatic heterocycles. The first kappa shape index (κ1) is 15.8. The average molecular weight is 294 g/mol. The molecule has 0 spiro atoms. The third kappa shape index (κ3) is 3.74. The highest BCUT2D eigenvalue weighted by molar-refractivity contribution is 7.66. The van der Waals surface area contributed by atoms with Crippen LogP contribution in [-0.4, -0.2) is 12.8 Å². The van der Waals surface area contributed by atoms with Crippen molar-refractivity contribution in [3.8, 4) is 0 Å². The topological polar surface area (TPSA) is 26.3 Å². The summed E-state index contributed by atoms with van der Waals surface area (Å²) >= 11 is 0. The Bertz CT molecular complexity index is 469. The van der Waals surface area contributed by atoms with E-state index in [1.54, 1.807) is 6.66 Å². The lowest BCUT2D eigenvalue weighted by Gasteiger charge is -2.38. The van der Waals surface area contributed by atoms with Crippen molar-refractivity contribution in [1.29, 1.82) is 0 Å². The van der Waals surface area contributed by atoms with Gasteiger partial charge in [0.25, 0.3) is 0 Å². The molecule has 0 bridgehead atoms. The number of hydrogen-bond acceptors (Lipinski definition) is 2. The van der Waals surface area contributed by atoms with Crippen LogP contribution in [0.15, 0.2) is 30.3 Å². The first-order chi connectivity index (χ1) is 9.40. The van der Waals surface area contributed by atoms with Gasteiger partial charge < -0.3 is 4.52 Å². The molecule has 0 radical (unpaired) electrons. The third-order valence-corrected chi connectivity index (χ3v) is 6.43. The van der Waals surface area contributed by atoms with Gasteiger partial charge in [0.2, 0.25) is 7.37 Å². The van der Waals surface area contributed by atoms with Crippen LogP contribution in [0.1, 0.15) is 40.0 Å². The van der Waals surface area contributed by atoms with E-state index in [1.807, 2.05) is 30.3 Å². The van der Waals surface area contributed by atoms with Gasteiger partial charge >= 0.3 is 0 Å². The van der Waals surface area contributed by atoms with Gasteiger partial charge in [0.15, 0.2) is 0 Å². The summed E-state index contributed by atoms with van der Waals surface area (Å²) in [5, 5.41) is 0.834. The quantitative estimate of drug-likeness (QED) is 0.753. The van der Waals surface area contributed by atoms with E-state index >= 15 is 0 Å². The van der Waals surface area contributed by atoms with E-state index in [0.29, 0.717) is 17.8 Å². The predicted molar refractivity (Wildman–Crippen MR) is 85.8 cm³/mol. The molecule has 1 aliphatic rings. The predicted octanol–water partition coefficient (Wildman–Crippen LogP) is 4.70. The second-order valence-electron chi connectivity index (χ2n) is 6.65. The van der Waals surface area contributed by atoms with Crippen LogP contribution in [-0.2, 0) is 9.09 Å². The molecule has 1 saturated carbocycles. The highest BCUT2D eigenvalue weighted by Crippen LogP contribution is 2.48. The molecular formula is C17H27O2P. The van der Waals surface area contributed by atoms with E-state index in [9.17, 15) is 4.57 Å². The second-order valence-corrected chi connectivity index (χ2v) is 9.07. The molecule has 112 valence electrons.